The molecule has 0 unspecified atom stereocenters. The lowest BCUT2D eigenvalue weighted by atomic mass is 10.1. The second-order valence-electron chi connectivity index (χ2n) is 11.1. The maximum atomic E-state index is 6.67. The van der Waals surface area contributed by atoms with Crippen LogP contribution >= 0.6 is 11.8 Å². The van der Waals surface area contributed by atoms with Gasteiger partial charge in [-0.1, -0.05) is 103 Å². The Hall–Kier alpha value is -5.59. The smallest absolute Gasteiger partial charge is 0.227 e. The molecule has 0 radical (unpaired) electrons. The van der Waals surface area contributed by atoms with E-state index in [1.807, 2.05) is 42.5 Å². The number of nitrogens with zero attached hydrogens (tertiary/aromatic N) is 4. The van der Waals surface area contributed by atoms with Gasteiger partial charge in [0.15, 0.2) is 5.58 Å². The Balaban J connectivity index is 1.49. The first-order valence-corrected chi connectivity index (χ1v) is 15.8. The van der Waals surface area contributed by atoms with E-state index >= 15 is 0 Å². The topological polar surface area (TPSA) is 47.1 Å². The van der Waals surface area contributed by atoms with Gasteiger partial charge in [0.25, 0.3) is 0 Å². The predicted molar refractivity (Wildman–Crippen MR) is 183 cm³/mol. The lowest BCUT2D eigenvalue weighted by molar-refractivity contribution is 0.618. The molecular formula is C39H26N4OS. The Morgan fingerprint density at radius 1 is 0.578 bits per heavy atom. The van der Waals surface area contributed by atoms with Crippen LogP contribution in [0.5, 0.6) is 0 Å². The molecule has 0 atom stereocenters. The lowest BCUT2D eigenvalue weighted by Gasteiger charge is -2.33. The number of fused-ring (bicyclic) bond motifs is 4. The van der Waals surface area contributed by atoms with Crippen molar-refractivity contribution in [3.8, 4) is 28.5 Å². The van der Waals surface area contributed by atoms with Gasteiger partial charge in [-0.05, 0) is 55.5 Å². The molecule has 45 heavy (non-hydrogen) atoms. The molecule has 6 aromatic carbocycles. The summed E-state index contributed by atoms with van der Waals surface area (Å²) in [5.74, 6) is 1.45. The first kappa shape index (κ1) is 25.9. The van der Waals surface area contributed by atoms with E-state index in [1.165, 1.54) is 9.79 Å². The van der Waals surface area contributed by atoms with Crippen molar-refractivity contribution in [2.75, 3.05) is 4.90 Å². The van der Waals surface area contributed by atoms with Crippen LogP contribution in [0.3, 0.4) is 0 Å². The minimum absolute atomic E-state index is 0.588. The fraction of sp³-hybridized carbons (Fsp3) is 0.0256. The molecule has 3 heterocycles. The number of aryl methyl sites for hydroxylation is 1. The number of rotatable bonds is 4. The number of imidazole rings is 1. The molecular weight excluding hydrogens is 573 g/mol. The molecule has 2 aromatic heterocycles. The zero-order chi connectivity index (χ0) is 29.9. The van der Waals surface area contributed by atoms with Crippen LogP contribution < -0.4 is 4.90 Å². The average Bonchev–Trinajstić information content (AvgIpc) is 3.73. The Morgan fingerprint density at radius 3 is 1.78 bits per heavy atom. The lowest BCUT2D eigenvalue weighted by Crippen LogP contribution is -2.16. The normalized spacial score (nSPS) is 12.4. The second-order valence-corrected chi connectivity index (χ2v) is 12.2. The molecule has 8 aromatic rings. The summed E-state index contributed by atoms with van der Waals surface area (Å²) in [5.41, 5.74) is 10.5. The summed E-state index contributed by atoms with van der Waals surface area (Å²) < 4.78 is 8.96. The molecule has 0 saturated heterocycles. The van der Waals surface area contributed by atoms with E-state index in [4.69, 9.17) is 14.4 Å². The third kappa shape index (κ3) is 4.03. The summed E-state index contributed by atoms with van der Waals surface area (Å²) >= 11 is 1.79. The predicted octanol–water partition coefficient (Wildman–Crippen LogP) is 10.7. The van der Waals surface area contributed by atoms with Gasteiger partial charge in [-0.15, -0.1) is 0 Å². The van der Waals surface area contributed by atoms with Gasteiger partial charge in [-0.3, -0.25) is 4.57 Å². The van der Waals surface area contributed by atoms with Gasteiger partial charge in [0.2, 0.25) is 5.89 Å². The van der Waals surface area contributed by atoms with E-state index in [-0.39, 0.29) is 0 Å². The second kappa shape index (κ2) is 10.3. The summed E-state index contributed by atoms with van der Waals surface area (Å²) in [6.45, 7) is 2.10. The highest BCUT2D eigenvalue weighted by Gasteiger charge is 2.33. The maximum Gasteiger partial charge on any atom is 0.227 e. The molecule has 1 aliphatic rings. The van der Waals surface area contributed by atoms with Crippen LogP contribution in [0.25, 0.3) is 50.7 Å². The van der Waals surface area contributed by atoms with Crippen LogP contribution in [0.15, 0.2) is 154 Å². The van der Waals surface area contributed by atoms with Crippen molar-refractivity contribution in [2.45, 2.75) is 16.7 Å². The number of hydrogen-bond donors (Lipinski definition) is 0. The number of hydrogen-bond acceptors (Lipinski definition) is 5. The van der Waals surface area contributed by atoms with Crippen molar-refractivity contribution < 1.29 is 4.42 Å². The number of para-hydroxylation sites is 3. The number of anilines is 3. The van der Waals surface area contributed by atoms with E-state index in [9.17, 15) is 0 Å². The minimum Gasteiger partial charge on any atom is -0.436 e. The molecule has 0 fully saturated rings. The van der Waals surface area contributed by atoms with E-state index < -0.39 is 0 Å². The van der Waals surface area contributed by atoms with Crippen LogP contribution in [-0.4, -0.2) is 14.5 Å². The van der Waals surface area contributed by atoms with Crippen LogP contribution in [-0.2, 0) is 0 Å². The summed E-state index contributed by atoms with van der Waals surface area (Å²) in [5, 5.41) is 0. The molecule has 214 valence electrons. The maximum absolute atomic E-state index is 6.67. The molecule has 0 saturated carbocycles. The molecule has 0 N–H and O–H groups in total. The Kier molecular flexibility index (Phi) is 5.89. The molecule has 9 rings (SSSR count). The van der Waals surface area contributed by atoms with Crippen molar-refractivity contribution in [1.29, 1.82) is 0 Å². The number of oxazole rings is 1. The molecule has 0 amide bonds. The summed E-state index contributed by atoms with van der Waals surface area (Å²) in [7, 11) is 0. The van der Waals surface area contributed by atoms with Crippen molar-refractivity contribution in [3.05, 3.63) is 145 Å². The number of benzene rings is 6. The van der Waals surface area contributed by atoms with E-state index in [2.05, 4.69) is 113 Å². The molecule has 5 nitrogen and oxygen atoms in total. The van der Waals surface area contributed by atoms with Crippen molar-refractivity contribution in [3.63, 3.8) is 0 Å². The highest BCUT2D eigenvalue weighted by Crippen LogP contribution is 2.55. The van der Waals surface area contributed by atoms with E-state index in [0.29, 0.717) is 5.89 Å². The van der Waals surface area contributed by atoms with E-state index in [1.54, 1.807) is 11.8 Å². The summed E-state index contributed by atoms with van der Waals surface area (Å²) in [4.78, 5) is 15.4. The first-order chi connectivity index (χ1) is 22.3. The van der Waals surface area contributed by atoms with E-state index in [0.717, 1.165) is 67.4 Å². The quantitative estimate of drug-likeness (QED) is 0.202. The monoisotopic (exact) mass is 598 g/mol. The Bertz CT molecular complexity index is 2320. The van der Waals surface area contributed by atoms with Gasteiger partial charge < -0.3 is 9.32 Å². The molecule has 0 spiro atoms. The summed E-state index contributed by atoms with van der Waals surface area (Å²) in [6.07, 6.45) is 0. The van der Waals surface area contributed by atoms with Crippen molar-refractivity contribution in [1.82, 2.24) is 14.5 Å². The zero-order valence-corrected chi connectivity index (χ0v) is 25.2. The molecule has 0 bridgehead atoms. The Labute approximate surface area is 264 Å². The van der Waals surface area contributed by atoms with Gasteiger partial charge in [-0.2, -0.15) is 0 Å². The van der Waals surface area contributed by atoms with Gasteiger partial charge in [0.05, 0.1) is 16.9 Å². The van der Waals surface area contributed by atoms with Crippen molar-refractivity contribution >= 4 is 51.0 Å². The average molecular weight is 599 g/mol. The van der Waals surface area contributed by atoms with Gasteiger partial charge in [0, 0.05) is 32.2 Å². The zero-order valence-electron chi connectivity index (χ0n) is 24.4. The fourth-order valence-corrected chi connectivity index (χ4v) is 7.38. The van der Waals surface area contributed by atoms with Gasteiger partial charge >= 0.3 is 0 Å². The molecule has 1 aliphatic heterocycles. The van der Waals surface area contributed by atoms with Crippen LogP contribution in [0, 0.1) is 6.92 Å². The third-order valence-electron chi connectivity index (χ3n) is 8.37. The highest BCUT2D eigenvalue weighted by atomic mass is 32.2. The molecule has 0 aliphatic carbocycles. The SMILES string of the molecule is Cc1c2nc(-c3ccccc3)n(-c3ccccc3)c2c(N2c3ccccc3Sc3ccccc32)c2nc(-c3ccccc3)oc12. The van der Waals surface area contributed by atoms with Gasteiger partial charge in [0.1, 0.15) is 22.5 Å². The van der Waals surface area contributed by atoms with Crippen LogP contribution in [0.2, 0.25) is 0 Å². The summed E-state index contributed by atoms with van der Waals surface area (Å²) in [6, 6.07) is 48.2. The fourth-order valence-electron chi connectivity index (χ4n) is 6.33. The Morgan fingerprint density at radius 2 is 1.13 bits per heavy atom. The van der Waals surface area contributed by atoms with Crippen LogP contribution in [0.4, 0.5) is 17.1 Å². The van der Waals surface area contributed by atoms with Crippen LogP contribution in [0.1, 0.15) is 5.56 Å². The van der Waals surface area contributed by atoms with Crippen molar-refractivity contribution in [2.24, 2.45) is 0 Å². The first-order valence-electron chi connectivity index (χ1n) is 14.9. The minimum atomic E-state index is 0.588. The molecule has 6 heteroatoms. The van der Waals surface area contributed by atoms with Gasteiger partial charge in [-0.25, -0.2) is 9.97 Å². The standard InChI is InChI=1S/C39H26N4OS/c1-25-33-35(42(28-19-9-4-10-20-28)38(40-33)26-15-5-2-6-16-26)36(34-37(25)44-39(41-34)27-17-7-3-8-18-27)43-29-21-11-13-23-31(29)45-32-24-14-12-22-30(32)43/h2-24H,1H3. The highest BCUT2D eigenvalue weighted by molar-refractivity contribution is 7.99. The largest absolute Gasteiger partial charge is 0.436 e. The number of aromatic nitrogens is 3. The third-order valence-corrected chi connectivity index (χ3v) is 9.50.